The van der Waals surface area contributed by atoms with Gasteiger partial charge in [-0.3, -0.25) is 20.5 Å². The van der Waals surface area contributed by atoms with E-state index in [4.69, 9.17) is 14.8 Å². The number of benzene rings is 1. The number of carbonyl (C=O) groups is 2. The molecule has 1 aliphatic rings. The van der Waals surface area contributed by atoms with Gasteiger partial charge in [0.25, 0.3) is 0 Å². The number of rotatable bonds is 4. The fourth-order valence-corrected chi connectivity index (χ4v) is 1.99. The van der Waals surface area contributed by atoms with E-state index in [9.17, 15) is 9.59 Å². The van der Waals surface area contributed by atoms with Gasteiger partial charge in [0.1, 0.15) is 18.1 Å². The lowest BCUT2D eigenvalue weighted by molar-refractivity contribution is -0.118. The molecule has 0 saturated carbocycles. The molecule has 1 aromatic carbocycles. The van der Waals surface area contributed by atoms with E-state index in [1.54, 1.807) is 24.3 Å². The fourth-order valence-electron chi connectivity index (χ4n) is 1.99. The van der Waals surface area contributed by atoms with Crippen LogP contribution in [-0.4, -0.2) is 40.1 Å². The van der Waals surface area contributed by atoms with Crippen molar-refractivity contribution in [3.8, 4) is 11.3 Å². The molecule has 3 rings (SSSR count). The molecule has 23 heavy (non-hydrogen) atoms. The molecule has 9 heteroatoms. The molecule has 0 bridgehead atoms. The van der Waals surface area contributed by atoms with Crippen molar-refractivity contribution in [2.24, 2.45) is 5.10 Å². The lowest BCUT2D eigenvalue weighted by Gasteiger charge is -2.07. The molecule has 1 aliphatic heterocycles. The Balaban J connectivity index is 1.73. The second-order valence-electron chi connectivity index (χ2n) is 4.69. The van der Waals surface area contributed by atoms with Crippen molar-refractivity contribution in [3.05, 3.63) is 42.2 Å². The number of urea groups is 1. The quantitative estimate of drug-likeness (QED) is 0.446. The maximum absolute atomic E-state index is 11.3. The summed E-state index contributed by atoms with van der Waals surface area (Å²) in [6.07, 6.45) is 1.33. The molecule has 0 radical (unpaired) electrons. The van der Waals surface area contributed by atoms with Gasteiger partial charge in [-0.1, -0.05) is 0 Å². The Morgan fingerprint density at radius 3 is 2.52 bits per heavy atom. The second kappa shape index (κ2) is 5.91. The molecule has 1 saturated heterocycles. The highest BCUT2D eigenvalue weighted by molar-refractivity contribution is 6.02. The molecule has 1 fully saturated rings. The van der Waals surface area contributed by atoms with E-state index in [1.807, 2.05) is 0 Å². The van der Waals surface area contributed by atoms with Gasteiger partial charge >= 0.3 is 6.03 Å². The van der Waals surface area contributed by atoms with Gasteiger partial charge in [-0.2, -0.15) is 5.10 Å². The molecular weight excluding hydrogens is 304 g/mol. The van der Waals surface area contributed by atoms with Crippen molar-refractivity contribution < 1.29 is 24.4 Å². The van der Waals surface area contributed by atoms with Crippen molar-refractivity contribution in [2.45, 2.75) is 0 Å². The van der Waals surface area contributed by atoms with Crippen LogP contribution in [0, 0.1) is 0 Å². The van der Waals surface area contributed by atoms with Crippen LogP contribution < -0.4 is 10.5 Å². The summed E-state index contributed by atoms with van der Waals surface area (Å²) in [6, 6.07) is 9.11. The van der Waals surface area contributed by atoms with E-state index in [1.165, 1.54) is 18.3 Å². The Bertz CT molecular complexity index is 766. The van der Waals surface area contributed by atoms with Gasteiger partial charge in [-0.25, -0.2) is 9.80 Å². The number of nitrogens with one attached hydrogen (secondary N) is 1. The van der Waals surface area contributed by atoms with E-state index in [2.05, 4.69) is 10.4 Å². The summed E-state index contributed by atoms with van der Waals surface area (Å²) in [5.74, 6) is 0.540. The van der Waals surface area contributed by atoms with Crippen LogP contribution in [0.25, 0.3) is 11.3 Å². The summed E-state index contributed by atoms with van der Waals surface area (Å²) in [7, 11) is 0. The van der Waals surface area contributed by atoms with Crippen molar-refractivity contribution in [2.75, 3.05) is 11.8 Å². The fraction of sp³-hybridized carbons (Fsp3) is 0.0714. The molecule has 3 N–H and O–H groups in total. The summed E-state index contributed by atoms with van der Waals surface area (Å²) in [6.45, 7) is -0.122. The maximum Gasteiger partial charge on any atom is 0.344 e. The van der Waals surface area contributed by atoms with Crippen LogP contribution in [-0.2, 0) is 4.79 Å². The standard InChI is InChI=1S/C14H12N4O5/c19-13-8-17(14(20)16-13)15-7-11-5-6-12(23-11)9-1-3-10(4-2-9)18(21)22/h1-7,21-22H,8H2,(H,16,19,20). The molecule has 9 nitrogen and oxygen atoms in total. The van der Waals surface area contributed by atoms with E-state index in [0.717, 1.165) is 10.6 Å². The van der Waals surface area contributed by atoms with Gasteiger partial charge < -0.3 is 4.42 Å². The smallest absolute Gasteiger partial charge is 0.344 e. The minimum atomic E-state index is -0.578. The van der Waals surface area contributed by atoms with E-state index in [0.29, 0.717) is 11.5 Å². The molecule has 3 amide bonds. The zero-order valence-electron chi connectivity index (χ0n) is 11.7. The summed E-state index contributed by atoms with van der Waals surface area (Å²) >= 11 is 0. The van der Waals surface area contributed by atoms with Crippen LogP contribution in [0.2, 0.25) is 0 Å². The van der Waals surface area contributed by atoms with E-state index >= 15 is 0 Å². The molecule has 1 aromatic heterocycles. The number of hydrazone groups is 1. The lowest BCUT2D eigenvalue weighted by Crippen LogP contribution is -2.24. The number of anilines is 1. The monoisotopic (exact) mass is 316 g/mol. The molecule has 0 unspecified atom stereocenters. The first kappa shape index (κ1) is 14.8. The number of hydrogen-bond donors (Lipinski definition) is 3. The normalized spacial score (nSPS) is 14.6. The highest BCUT2D eigenvalue weighted by Gasteiger charge is 2.25. The van der Waals surface area contributed by atoms with Crippen LogP contribution in [0.4, 0.5) is 10.5 Å². The van der Waals surface area contributed by atoms with Crippen LogP contribution >= 0.6 is 0 Å². The molecule has 2 aromatic rings. The first-order valence-corrected chi connectivity index (χ1v) is 6.56. The Labute approximate surface area is 129 Å². The summed E-state index contributed by atoms with van der Waals surface area (Å²) in [5.41, 5.74) is 0.941. The number of nitrogens with zero attached hydrogens (tertiary/aromatic N) is 3. The number of amides is 3. The topological polar surface area (TPSA) is 119 Å². The van der Waals surface area contributed by atoms with Gasteiger partial charge in [-0.15, -0.1) is 5.23 Å². The van der Waals surface area contributed by atoms with Crippen molar-refractivity contribution in [1.29, 1.82) is 0 Å². The highest BCUT2D eigenvalue weighted by atomic mass is 16.8. The van der Waals surface area contributed by atoms with Crippen molar-refractivity contribution in [1.82, 2.24) is 10.3 Å². The Morgan fingerprint density at radius 2 is 1.91 bits per heavy atom. The first-order chi connectivity index (χ1) is 11.0. The van der Waals surface area contributed by atoms with Gasteiger partial charge in [0.2, 0.25) is 5.91 Å². The predicted molar refractivity (Wildman–Crippen MR) is 78.0 cm³/mol. The molecule has 2 heterocycles. The van der Waals surface area contributed by atoms with Crippen molar-refractivity contribution in [3.63, 3.8) is 0 Å². The lowest BCUT2D eigenvalue weighted by atomic mass is 10.1. The number of imide groups is 1. The largest absolute Gasteiger partial charge is 0.455 e. The summed E-state index contributed by atoms with van der Waals surface area (Å²) in [5, 5.41) is 24.8. The van der Waals surface area contributed by atoms with Crippen molar-refractivity contribution >= 4 is 23.8 Å². The second-order valence-corrected chi connectivity index (χ2v) is 4.69. The van der Waals surface area contributed by atoms with E-state index in [-0.39, 0.29) is 17.5 Å². The van der Waals surface area contributed by atoms with Crippen LogP contribution in [0.5, 0.6) is 0 Å². The zero-order chi connectivity index (χ0) is 16.4. The summed E-state index contributed by atoms with van der Waals surface area (Å²) in [4.78, 5) is 22.4. The Hall–Kier alpha value is -3.17. The van der Waals surface area contributed by atoms with Gasteiger partial charge in [0.05, 0.1) is 11.9 Å². The minimum absolute atomic E-state index is 0.0202. The number of carbonyl (C=O) groups excluding carboxylic acids is 2. The van der Waals surface area contributed by atoms with E-state index < -0.39 is 11.9 Å². The van der Waals surface area contributed by atoms with Crippen LogP contribution in [0.3, 0.4) is 0 Å². The SMILES string of the molecule is O=C1CN(N=Cc2ccc(-c3ccc(N(O)O)cc3)o2)C(=O)N1. The van der Waals surface area contributed by atoms with Gasteiger partial charge in [0.15, 0.2) is 0 Å². The maximum atomic E-state index is 11.3. The zero-order valence-corrected chi connectivity index (χ0v) is 11.7. The molecule has 0 spiro atoms. The molecule has 118 valence electrons. The van der Waals surface area contributed by atoms with Gasteiger partial charge in [0, 0.05) is 5.56 Å². The third kappa shape index (κ3) is 3.20. The van der Waals surface area contributed by atoms with Crippen LogP contribution in [0.15, 0.2) is 45.9 Å². The molecule has 0 aliphatic carbocycles. The number of hydrogen-bond acceptors (Lipinski definition) is 7. The molecular formula is C14H12N4O5. The Morgan fingerprint density at radius 1 is 1.17 bits per heavy atom. The third-order valence-corrected chi connectivity index (χ3v) is 3.11. The summed E-state index contributed by atoms with van der Waals surface area (Å²) < 4.78 is 5.56. The average molecular weight is 316 g/mol. The van der Waals surface area contributed by atoms with Gasteiger partial charge in [-0.05, 0) is 36.4 Å². The minimum Gasteiger partial charge on any atom is -0.455 e. The highest BCUT2D eigenvalue weighted by Crippen LogP contribution is 2.24. The number of furan rings is 1. The molecule has 0 atom stereocenters. The third-order valence-electron chi connectivity index (χ3n) is 3.11. The first-order valence-electron chi connectivity index (χ1n) is 6.56. The Kier molecular flexibility index (Phi) is 3.79. The predicted octanol–water partition coefficient (Wildman–Crippen LogP) is 1.42. The average Bonchev–Trinajstić information content (AvgIpc) is 3.11. The van der Waals surface area contributed by atoms with Crippen LogP contribution in [0.1, 0.15) is 5.76 Å².